The van der Waals surface area contributed by atoms with Crippen molar-refractivity contribution in [1.82, 2.24) is 0 Å². The van der Waals surface area contributed by atoms with Gasteiger partial charge in [-0.2, -0.15) is 9.83 Å². The first-order valence-corrected chi connectivity index (χ1v) is 11.4. The van der Waals surface area contributed by atoms with Crippen molar-refractivity contribution < 1.29 is 9.36 Å². The van der Waals surface area contributed by atoms with Crippen LogP contribution in [0.15, 0.2) is 86.8 Å². The van der Waals surface area contributed by atoms with Crippen LogP contribution in [0.4, 0.5) is 5.69 Å². The molecule has 7 heteroatoms. The summed E-state index contributed by atoms with van der Waals surface area (Å²) in [4.78, 5) is 16.3. The molecule has 154 valence electrons. The molecular weight excluding hydrogens is 436 g/mol. The number of aryl methyl sites for hydroxylation is 1. The van der Waals surface area contributed by atoms with Crippen molar-refractivity contribution in [2.45, 2.75) is 4.90 Å². The van der Waals surface area contributed by atoms with Gasteiger partial charge in [-0.05, 0) is 24.3 Å². The fourth-order valence-electron chi connectivity index (χ4n) is 3.88. The largest absolute Gasteiger partial charge is 0.762 e. The van der Waals surface area contributed by atoms with Gasteiger partial charge >= 0.3 is 0 Å². The average molecular weight is 453 g/mol. The minimum atomic E-state index is -0.155. The number of ketones is 1. The van der Waals surface area contributed by atoms with Gasteiger partial charge in [-0.3, -0.25) is 4.79 Å². The molecule has 2 heterocycles. The summed E-state index contributed by atoms with van der Waals surface area (Å²) in [5, 5.41) is 20.9. The third kappa shape index (κ3) is 3.05. The zero-order valence-corrected chi connectivity index (χ0v) is 18.9. The normalized spacial score (nSPS) is 17.5. The first-order chi connectivity index (χ1) is 15.5. The number of hydrogen-bond acceptors (Lipinski definition) is 5. The smallest absolute Gasteiger partial charge is 0.263 e. The Labute approximate surface area is 193 Å². The topological polar surface area (TPSA) is 70.3 Å². The maximum absolute atomic E-state index is 13.2. The second-order valence-corrected chi connectivity index (χ2v) is 9.48. The molecule has 32 heavy (non-hydrogen) atoms. The van der Waals surface area contributed by atoms with Crippen LogP contribution in [0.1, 0.15) is 5.01 Å². The SMILES string of the molecule is CN1/C(=C\C2=C(C(=C=[N-])C#N)C(=C\c3sc4ccccc4[n+]3C)/C2=O)Sc2ccccc21. The van der Waals surface area contributed by atoms with Crippen LogP contribution in [-0.2, 0) is 11.8 Å². The zero-order chi connectivity index (χ0) is 22.4. The summed E-state index contributed by atoms with van der Waals surface area (Å²) in [6.07, 6.45) is 3.58. The van der Waals surface area contributed by atoms with Gasteiger partial charge in [0.05, 0.1) is 16.3 Å². The Hall–Kier alpha value is -3.69. The Bertz CT molecular complexity index is 1510. The number of nitrogens with zero attached hydrogens (tertiary/aromatic N) is 4. The van der Waals surface area contributed by atoms with Crippen LogP contribution >= 0.6 is 23.1 Å². The van der Waals surface area contributed by atoms with Crippen LogP contribution in [-0.4, -0.2) is 18.7 Å². The molecule has 5 nitrogen and oxygen atoms in total. The molecule has 5 rings (SSSR count). The van der Waals surface area contributed by atoms with Gasteiger partial charge < -0.3 is 10.3 Å². The lowest BCUT2D eigenvalue weighted by Gasteiger charge is -2.24. The number of allylic oxidation sites excluding steroid dienone is 5. The summed E-state index contributed by atoms with van der Waals surface area (Å²) in [5.74, 6) is 1.81. The minimum Gasteiger partial charge on any atom is -0.762 e. The van der Waals surface area contributed by atoms with Gasteiger partial charge in [0.15, 0.2) is 5.78 Å². The number of fused-ring (bicyclic) bond motifs is 2. The van der Waals surface area contributed by atoms with Gasteiger partial charge in [0, 0.05) is 40.8 Å². The lowest BCUT2D eigenvalue weighted by atomic mass is 9.77. The molecule has 2 aliphatic rings. The van der Waals surface area contributed by atoms with E-state index in [2.05, 4.69) is 0 Å². The third-order valence-electron chi connectivity index (χ3n) is 5.58. The first kappa shape index (κ1) is 20.2. The highest BCUT2D eigenvalue weighted by atomic mass is 32.2. The quantitative estimate of drug-likeness (QED) is 0.249. The van der Waals surface area contributed by atoms with E-state index in [1.165, 1.54) is 0 Å². The number of benzene rings is 2. The van der Waals surface area contributed by atoms with Gasteiger partial charge in [0.25, 0.3) is 5.01 Å². The van der Waals surface area contributed by atoms with Crippen molar-refractivity contribution in [2.24, 2.45) is 7.05 Å². The van der Waals surface area contributed by atoms with Gasteiger partial charge in [-0.25, -0.2) is 5.87 Å². The van der Waals surface area contributed by atoms with Crippen LogP contribution < -0.4 is 9.47 Å². The predicted octanol–water partition coefficient (Wildman–Crippen LogP) is 4.76. The molecule has 0 saturated carbocycles. The summed E-state index contributed by atoms with van der Waals surface area (Å²) in [6, 6.07) is 18.0. The van der Waals surface area contributed by atoms with Crippen molar-refractivity contribution in [2.75, 3.05) is 11.9 Å². The first-order valence-electron chi connectivity index (χ1n) is 9.82. The van der Waals surface area contributed by atoms with E-state index in [0.717, 1.165) is 30.8 Å². The second-order valence-electron chi connectivity index (χ2n) is 7.35. The molecule has 0 N–H and O–H groups in total. The number of carbonyl (C=O) groups excluding carboxylic acids is 1. The number of thiazole rings is 1. The minimum absolute atomic E-state index is 0.0466. The number of carbonyl (C=O) groups is 1. The molecule has 0 fully saturated rings. The van der Waals surface area contributed by atoms with Gasteiger partial charge in [0.1, 0.15) is 17.8 Å². The molecule has 1 aromatic heterocycles. The fraction of sp³-hybridized carbons (Fsp3) is 0.0800. The molecule has 0 amide bonds. The van der Waals surface area contributed by atoms with Gasteiger partial charge in [0.2, 0.25) is 5.52 Å². The number of aromatic nitrogens is 1. The number of nitriles is 1. The van der Waals surface area contributed by atoms with Crippen LogP contribution in [0, 0.1) is 11.3 Å². The molecule has 0 unspecified atom stereocenters. The Morgan fingerprint density at radius 2 is 1.91 bits per heavy atom. The summed E-state index contributed by atoms with van der Waals surface area (Å²) >= 11 is 3.14. The highest BCUT2D eigenvalue weighted by Crippen LogP contribution is 2.47. The maximum atomic E-state index is 13.2. The van der Waals surface area contributed by atoms with Crippen molar-refractivity contribution in [3.05, 3.63) is 92.3 Å². The van der Waals surface area contributed by atoms with E-state index in [9.17, 15) is 15.5 Å². The van der Waals surface area contributed by atoms with E-state index in [4.69, 9.17) is 0 Å². The van der Waals surface area contributed by atoms with Crippen LogP contribution in [0.5, 0.6) is 0 Å². The predicted molar refractivity (Wildman–Crippen MR) is 129 cm³/mol. The second kappa shape index (κ2) is 7.77. The standard InChI is InChI=1S/C25H16N4OS2/c1-28-18-7-3-5-9-20(18)31-22(28)11-16-24(15(13-26)14-27)17(25(16)30)12-23-29(2)19-8-4-6-10-21(19)32-23/h3-12H,1-2H3. The number of para-hydroxylation sites is 2. The van der Waals surface area contributed by atoms with E-state index in [0.29, 0.717) is 16.7 Å². The Kier molecular flexibility index (Phi) is 4.91. The average Bonchev–Trinajstić information content (AvgIpc) is 3.31. The molecule has 1 aliphatic heterocycles. The van der Waals surface area contributed by atoms with E-state index < -0.39 is 0 Å². The molecule has 0 atom stereocenters. The summed E-state index contributed by atoms with van der Waals surface area (Å²) < 4.78 is 3.12. The molecular formula is C25H16N4OS2. The lowest BCUT2D eigenvalue weighted by molar-refractivity contribution is -0.642. The summed E-state index contributed by atoms with van der Waals surface area (Å²) in [5.41, 5.74) is 3.32. The van der Waals surface area contributed by atoms with Gasteiger partial charge in [-0.1, -0.05) is 47.4 Å². The van der Waals surface area contributed by atoms with E-state index in [-0.39, 0.29) is 11.4 Å². The molecule has 1 aliphatic carbocycles. The third-order valence-corrected chi connectivity index (χ3v) is 7.91. The number of hydrogen-bond donors (Lipinski definition) is 0. The molecule has 0 bridgehead atoms. The van der Waals surface area contributed by atoms with Crippen LogP contribution in [0.3, 0.4) is 0 Å². The number of thioether (sulfide) groups is 1. The van der Waals surface area contributed by atoms with E-state index >= 15 is 0 Å². The number of rotatable bonds is 3. The zero-order valence-electron chi connectivity index (χ0n) is 17.3. The van der Waals surface area contributed by atoms with Crippen molar-refractivity contribution in [3.63, 3.8) is 0 Å². The highest BCUT2D eigenvalue weighted by molar-refractivity contribution is 8.03. The number of Topliss-reactive ketones (excluding diaryl/α,β-unsaturated/α-hetero) is 1. The van der Waals surface area contributed by atoms with Crippen molar-refractivity contribution in [1.29, 1.82) is 5.26 Å². The van der Waals surface area contributed by atoms with Crippen LogP contribution in [0.25, 0.3) is 21.7 Å². The maximum Gasteiger partial charge on any atom is 0.263 e. The van der Waals surface area contributed by atoms with Crippen molar-refractivity contribution >= 4 is 56.7 Å². The molecule has 3 aromatic rings. The number of anilines is 1. The monoisotopic (exact) mass is 452 g/mol. The molecule has 2 aromatic carbocycles. The summed E-state index contributed by atoms with van der Waals surface area (Å²) in [7, 11) is 3.89. The van der Waals surface area contributed by atoms with Gasteiger partial charge in [-0.15, -0.1) is 0 Å². The van der Waals surface area contributed by atoms with E-state index in [1.807, 2.05) is 84.0 Å². The molecule has 0 saturated heterocycles. The highest BCUT2D eigenvalue weighted by Gasteiger charge is 2.36. The van der Waals surface area contributed by atoms with Crippen molar-refractivity contribution in [3.8, 4) is 6.07 Å². The lowest BCUT2D eigenvalue weighted by Crippen LogP contribution is -2.30. The summed E-state index contributed by atoms with van der Waals surface area (Å²) in [6.45, 7) is 0. The Morgan fingerprint density at radius 3 is 2.62 bits per heavy atom. The molecule has 0 spiro atoms. The molecule has 0 radical (unpaired) electrons. The Morgan fingerprint density at radius 1 is 1.16 bits per heavy atom. The van der Waals surface area contributed by atoms with Crippen LogP contribution in [0.2, 0.25) is 0 Å². The van der Waals surface area contributed by atoms with E-state index in [1.54, 1.807) is 35.3 Å². The Balaban J connectivity index is 1.63. The fourth-order valence-corrected chi connectivity index (χ4v) is 6.06.